The van der Waals surface area contributed by atoms with E-state index in [-0.39, 0.29) is 6.61 Å². The molecule has 0 saturated carbocycles. The van der Waals surface area contributed by atoms with Crippen molar-refractivity contribution in [3.05, 3.63) is 11.8 Å². The Morgan fingerprint density at radius 3 is 2.33 bits per heavy atom. The van der Waals surface area contributed by atoms with Gasteiger partial charge in [-0.2, -0.15) is 13.2 Å². The molecule has 0 aromatic heterocycles. The monoisotopic (exact) mass is 224 g/mol. The first-order valence-corrected chi connectivity index (χ1v) is 4.01. The molecule has 0 amide bonds. The summed E-state index contributed by atoms with van der Waals surface area (Å²) in [4.78, 5) is 14.3. The van der Waals surface area contributed by atoms with Gasteiger partial charge in [0.1, 0.15) is 5.57 Å². The minimum absolute atomic E-state index is 0.0342. The van der Waals surface area contributed by atoms with Crippen molar-refractivity contribution in [1.29, 1.82) is 0 Å². The molecule has 0 bridgehead atoms. The van der Waals surface area contributed by atoms with Crippen LogP contribution in [-0.2, 0) is 9.53 Å². The Bertz CT molecular complexity index is 295. The Morgan fingerprint density at radius 2 is 2.07 bits per heavy atom. The van der Waals surface area contributed by atoms with Crippen LogP contribution in [0.1, 0.15) is 6.92 Å². The number of rotatable bonds is 3. The summed E-state index contributed by atoms with van der Waals surface area (Å²) >= 11 is 0. The highest BCUT2D eigenvalue weighted by Crippen LogP contribution is 2.26. The molecule has 0 aliphatic heterocycles. The molecule has 0 aliphatic carbocycles. The van der Waals surface area contributed by atoms with Gasteiger partial charge in [-0.25, -0.2) is 4.79 Å². The van der Waals surface area contributed by atoms with Gasteiger partial charge < -0.3 is 10.5 Å². The zero-order valence-corrected chi connectivity index (χ0v) is 8.26. The topological polar surface area (TPSA) is 64.7 Å². The Hall–Kier alpha value is -1.53. The Labute approximate surface area is 84.6 Å². The molecule has 0 unspecified atom stereocenters. The quantitative estimate of drug-likeness (QED) is 0.575. The highest BCUT2D eigenvalue weighted by atomic mass is 19.4. The third-order valence-electron chi connectivity index (χ3n) is 1.42. The van der Waals surface area contributed by atoms with E-state index in [9.17, 15) is 18.0 Å². The van der Waals surface area contributed by atoms with Crippen molar-refractivity contribution in [2.24, 2.45) is 10.7 Å². The number of halogens is 3. The van der Waals surface area contributed by atoms with Crippen LogP contribution < -0.4 is 5.73 Å². The van der Waals surface area contributed by atoms with Crippen LogP contribution in [0.3, 0.4) is 0 Å². The van der Waals surface area contributed by atoms with Crippen molar-refractivity contribution in [2.75, 3.05) is 13.7 Å². The Kier molecular flexibility index (Phi) is 4.83. The van der Waals surface area contributed by atoms with Gasteiger partial charge in [0.25, 0.3) is 0 Å². The average molecular weight is 224 g/mol. The third-order valence-corrected chi connectivity index (χ3v) is 1.42. The summed E-state index contributed by atoms with van der Waals surface area (Å²) in [6.07, 6.45) is -4.43. The van der Waals surface area contributed by atoms with Gasteiger partial charge in [-0.15, -0.1) is 0 Å². The molecule has 0 atom stereocenters. The van der Waals surface area contributed by atoms with Crippen molar-refractivity contribution in [3.8, 4) is 0 Å². The van der Waals surface area contributed by atoms with Gasteiger partial charge in [0.2, 0.25) is 0 Å². The molecule has 0 aliphatic rings. The van der Waals surface area contributed by atoms with Crippen LogP contribution in [0.2, 0.25) is 0 Å². The molecule has 4 nitrogen and oxygen atoms in total. The number of aliphatic imine (C=N–C) groups is 1. The molecule has 0 spiro atoms. The number of alkyl halides is 3. The summed E-state index contributed by atoms with van der Waals surface area (Å²) < 4.78 is 41.4. The zero-order valence-electron chi connectivity index (χ0n) is 8.26. The number of nitrogens with two attached hydrogens (primary N) is 1. The fourth-order valence-corrected chi connectivity index (χ4v) is 0.829. The second-order valence-corrected chi connectivity index (χ2v) is 2.37. The van der Waals surface area contributed by atoms with Crippen molar-refractivity contribution < 1.29 is 22.7 Å². The van der Waals surface area contributed by atoms with E-state index in [4.69, 9.17) is 5.73 Å². The van der Waals surface area contributed by atoms with Crippen LogP contribution in [0, 0.1) is 0 Å². The number of hydrogen-bond donors (Lipinski definition) is 1. The fourth-order valence-electron chi connectivity index (χ4n) is 0.829. The first-order valence-electron chi connectivity index (χ1n) is 4.01. The summed E-state index contributed by atoms with van der Waals surface area (Å²) in [6.45, 7) is 1.44. The second kappa shape index (κ2) is 5.38. The molecule has 15 heavy (non-hydrogen) atoms. The van der Waals surface area contributed by atoms with Gasteiger partial charge in [-0.3, -0.25) is 4.99 Å². The maximum absolute atomic E-state index is 12.3. The fraction of sp³-hybridized carbons (Fsp3) is 0.500. The minimum Gasteiger partial charge on any atom is -0.461 e. The van der Waals surface area contributed by atoms with Crippen molar-refractivity contribution in [1.82, 2.24) is 0 Å². The Morgan fingerprint density at radius 1 is 1.53 bits per heavy atom. The number of carbonyl (C=O) groups excluding carboxylic acids is 1. The largest absolute Gasteiger partial charge is 0.461 e. The van der Waals surface area contributed by atoms with Crippen LogP contribution in [0.4, 0.5) is 13.2 Å². The van der Waals surface area contributed by atoms with E-state index in [0.717, 1.165) is 7.05 Å². The second-order valence-electron chi connectivity index (χ2n) is 2.37. The van der Waals surface area contributed by atoms with Gasteiger partial charge in [0, 0.05) is 13.2 Å². The minimum atomic E-state index is -4.73. The number of nitrogens with zero attached hydrogens (tertiary/aromatic N) is 1. The molecular weight excluding hydrogens is 213 g/mol. The van der Waals surface area contributed by atoms with Crippen LogP contribution >= 0.6 is 0 Å². The molecule has 0 fully saturated rings. The highest BCUT2D eigenvalue weighted by molar-refractivity contribution is 6.43. The maximum Gasteiger partial charge on any atom is 0.420 e. The summed E-state index contributed by atoms with van der Waals surface area (Å²) in [5, 5.41) is 0. The first kappa shape index (κ1) is 13.5. The lowest BCUT2D eigenvalue weighted by atomic mass is 10.1. The molecule has 0 aromatic rings. The number of carbonyl (C=O) groups is 1. The normalized spacial score (nSPS) is 13.9. The molecule has 0 saturated heterocycles. The molecule has 7 heteroatoms. The lowest BCUT2D eigenvalue weighted by molar-refractivity contribution is -0.135. The van der Waals surface area contributed by atoms with Crippen molar-refractivity contribution in [3.63, 3.8) is 0 Å². The highest BCUT2D eigenvalue weighted by Gasteiger charge is 2.39. The molecule has 0 heterocycles. The van der Waals surface area contributed by atoms with Gasteiger partial charge in [0.15, 0.2) is 5.71 Å². The average Bonchev–Trinajstić information content (AvgIpc) is 2.11. The smallest absolute Gasteiger partial charge is 0.420 e. The SMILES string of the molecule is CCOC(=O)C(=NC)/C(=C\N)C(F)(F)F. The van der Waals surface area contributed by atoms with E-state index < -0.39 is 23.4 Å². The van der Waals surface area contributed by atoms with E-state index in [1.165, 1.54) is 6.92 Å². The van der Waals surface area contributed by atoms with E-state index in [1.807, 2.05) is 0 Å². The maximum atomic E-state index is 12.3. The molecular formula is C8H11F3N2O2. The van der Waals surface area contributed by atoms with E-state index >= 15 is 0 Å². The zero-order chi connectivity index (χ0) is 12.1. The van der Waals surface area contributed by atoms with Crippen LogP contribution in [-0.4, -0.2) is 31.5 Å². The molecule has 86 valence electrons. The molecule has 0 rings (SSSR count). The Balaban J connectivity index is 5.07. The first-order chi connectivity index (χ1) is 6.88. The van der Waals surface area contributed by atoms with E-state index in [2.05, 4.69) is 9.73 Å². The van der Waals surface area contributed by atoms with E-state index in [0.29, 0.717) is 6.20 Å². The number of ether oxygens (including phenoxy) is 1. The molecule has 2 N–H and O–H groups in total. The van der Waals surface area contributed by atoms with Gasteiger partial charge >= 0.3 is 12.1 Å². The standard InChI is InChI=1S/C8H11F3N2O2/c1-3-15-7(14)6(13-2)5(4-12)8(9,10)11/h4H,3,12H2,1-2H3/b5-4+,13-6?. The molecule has 0 aromatic carbocycles. The lowest BCUT2D eigenvalue weighted by Gasteiger charge is -2.11. The lowest BCUT2D eigenvalue weighted by Crippen LogP contribution is -2.29. The van der Waals surface area contributed by atoms with E-state index in [1.54, 1.807) is 0 Å². The van der Waals surface area contributed by atoms with Crippen LogP contribution in [0.15, 0.2) is 16.8 Å². The number of hydrogen-bond acceptors (Lipinski definition) is 4. The predicted octanol–water partition coefficient (Wildman–Crippen LogP) is 1.03. The van der Waals surface area contributed by atoms with Crippen LogP contribution in [0.5, 0.6) is 0 Å². The third kappa shape index (κ3) is 3.61. The predicted molar refractivity (Wildman–Crippen MR) is 48.3 cm³/mol. The van der Waals surface area contributed by atoms with Gasteiger partial charge in [-0.1, -0.05) is 0 Å². The summed E-state index contributed by atoms with van der Waals surface area (Å²) in [6, 6.07) is 0. The summed E-state index contributed by atoms with van der Waals surface area (Å²) in [5.41, 5.74) is 2.67. The molecule has 0 radical (unpaired) electrons. The summed E-state index contributed by atoms with van der Waals surface area (Å²) in [7, 11) is 1.06. The van der Waals surface area contributed by atoms with Gasteiger partial charge in [0.05, 0.1) is 6.61 Å². The van der Waals surface area contributed by atoms with Crippen LogP contribution in [0.25, 0.3) is 0 Å². The van der Waals surface area contributed by atoms with Gasteiger partial charge in [-0.05, 0) is 6.92 Å². The van der Waals surface area contributed by atoms with Crippen molar-refractivity contribution in [2.45, 2.75) is 13.1 Å². The summed E-state index contributed by atoms with van der Waals surface area (Å²) in [5.74, 6) is -1.14. The number of esters is 1. The van der Waals surface area contributed by atoms with Crippen molar-refractivity contribution >= 4 is 11.7 Å².